The van der Waals surface area contributed by atoms with Gasteiger partial charge in [0.05, 0.1) is 5.69 Å². The fraction of sp³-hybridized carbons (Fsp3) is 0.118. The summed E-state index contributed by atoms with van der Waals surface area (Å²) in [5, 5.41) is 9.84. The molecule has 22 heavy (non-hydrogen) atoms. The van der Waals surface area contributed by atoms with Crippen molar-refractivity contribution in [3.8, 4) is 11.3 Å². The highest BCUT2D eigenvalue weighted by Gasteiger charge is 2.12. The van der Waals surface area contributed by atoms with Gasteiger partial charge in [-0.2, -0.15) is 5.10 Å². The largest absolute Gasteiger partial charge is 0.320 e. The van der Waals surface area contributed by atoms with Gasteiger partial charge in [0.25, 0.3) is 5.91 Å². The van der Waals surface area contributed by atoms with E-state index in [1.54, 1.807) is 18.5 Å². The van der Waals surface area contributed by atoms with Crippen molar-refractivity contribution in [1.29, 1.82) is 0 Å². The van der Waals surface area contributed by atoms with Gasteiger partial charge in [0.15, 0.2) is 0 Å². The van der Waals surface area contributed by atoms with E-state index in [0.29, 0.717) is 11.4 Å². The van der Waals surface area contributed by atoms with Gasteiger partial charge in [-0.25, -0.2) is 0 Å². The second-order valence-corrected chi connectivity index (χ2v) is 5.11. The molecule has 5 nitrogen and oxygen atoms in total. The van der Waals surface area contributed by atoms with Crippen molar-refractivity contribution < 1.29 is 4.79 Å². The Morgan fingerprint density at radius 2 is 2.05 bits per heavy atom. The monoisotopic (exact) mass is 292 g/mol. The second kappa shape index (κ2) is 5.81. The Morgan fingerprint density at radius 3 is 2.82 bits per heavy atom. The lowest BCUT2D eigenvalue weighted by Crippen LogP contribution is -2.13. The number of carbonyl (C=O) groups excluding carboxylic acids is 1. The quantitative estimate of drug-likeness (QED) is 0.777. The molecule has 0 saturated carbocycles. The molecule has 0 unspecified atom stereocenters. The highest BCUT2D eigenvalue weighted by Crippen LogP contribution is 2.20. The molecule has 1 amide bonds. The Bertz CT molecular complexity index is 809. The van der Waals surface area contributed by atoms with Gasteiger partial charge in [-0.1, -0.05) is 12.1 Å². The van der Waals surface area contributed by atoms with Gasteiger partial charge in [-0.3, -0.25) is 14.9 Å². The second-order valence-electron chi connectivity index (χ2n) is 5.11. The molecule has 0 saturated heterocycles. The number of aryl methyl sites for hydroxylation is 1. The SMILES string of the molecule is Cc1cccc(NC(=O)c2cc(-c3cccnc3)n[nH]2)c1C. The number of nitrogens with zero attached hydrogens (tertiary/aromatic N) is 2. The molecular weight excluding hydrogens is 276 g/mol. The fourth-order valence-electron chi connectivity index (χ4n) is 2.18. The van der Waals surface area contributed by atoms with E-state index in [9.17, 15) is 4.79 Å². The molecule has 0 aliphatic rings. The number of benzene rings is 1. The molecule has 0 spiro atoms. The van der Waals surface area contributed by atoms with Crippen LogP contribution in [0.3, 0.4) is 0 Å². The molecule has 2 heterocycles. The zero-order chi connectivity index (χ0) is 15.5. The fourth-order valence-corrected chi connectivity index (χ4v) is 2.18. The summed E-state index contributed by atoms with van der Waals surface area (Å²) in [5.41, 5.74) is 4.98. The maximum Gasteiger partial charge on any atom is 0.273 e. The van der Waals surface area contributed by atoms with Crippen molar-refractivity contribution in [2.75, 3.05) is 5.32 Å². The van der Waals surface area contributed by atoms with Crippen LogP contribution in [0.4, 0.5) is 5.69 Å². The molecule has 0 fully saturated rings. The average molecular weight is 292 g/mol. The summed E-state index contributed by atoms with van der Waals surface area (Å²) in [6.07, 6.45) is 3.41. The number of anilines is 1. The van der Waals surface area contributed by atoms with Crippen molar-refractivity contribution in [1.82, 2.24) is 15.2 Å². The Kier molecular flexibility index (Phi) is 3.70. The molecular formula is C17H16N4O. The van der Waals surface area contributed by atoms with Gasteiger partial charge in [0.2, 0.25) is 0 Å². The van der Waals surface area contributed by atoms with Gasteiger partial charge in [0.1, 0.15) is 5.69 Å². The summed E-state index contributed by atoms with van der Waals surface area (Å²) < 4.78 is 0. The molecule has 1 aromatic carbocycles. The first-order chi connectivity index (χ1) is 10.6. The molecule has 2 aromatic heterocycles. The topological polar surface area (TPSA) is 70.7 Å². The first-order valence-electron chi connectivity index (χ1n) is 6.98. The molecule has 0 radical (unpaired) electrons. The Hall–Kier alpha value is -2.95. The van der Waals surface area contributed by atoms with Crippen LogP contribution in [0.2, 0.25) is 0 Å². The molecule has 0 bridgehead atoms. The Labute approximate surface area is 128 Å². The average Bonchev–Trinajstić information content (AvgIpc) is 3.03. The standard InChI is InChI=1S/C17H16N4O/c1-11-5-3-7-14(12(11)2)19-17(22)16-9-15(20-21-16)13-6-4-8-18-10-13/h3-10H,1-2H3,(H,19,22)(H,20,21). The van der Waals surface area contributed by atoms with Crippen LogP contribution in [-0.4, -0.2) is 21.1 Å². The number of aromatic amines is 1. The molecule has 3 rings (SSSR count). The number of H-pyrrole nitrogens is 1. The van der Waals surface area contributed by atoms with E-state index in [4.69, 9.17) is 0 Å². The lowest BCUT2D eigenvalue weighted by atomic mass is 10.1. The Morgan fingerprint density at radius 1 is 1.18 bits per heavy atom. The van der Waals surface area contributed by atoms with Crippen molar-refractivity contribution >= 4 is 11.6 Å². The van der Waals surface area contributed by atoms with Crippen molar-refractivity contribution in [3.63, 3.8) is 0 Å². The summed E-state index contributed by atoms with van der Waals surface area (Å²) in [4.78, 5) is 16.4. The first-order valence-corrected chi connectivity index (χ1v) is 6.98. The normalized spacial score (nSPS) is 10.5. The number of amides is 1. The van der Waals surface area contributed by atoms with E-state index < -0.39 is 0 Å². The molecule has 0 atom stereocenters. The van der Waals surface area contributed by atoms with Crippen LogP contribution in [0.25, 0.3) is 11.3 Å². The number of nitrogens with one attached hydrogen (secondary N) is 2. The predicted octanol–water partition coefficient (Wildman–Crippen LogP) is 3.34. The van der Waals surface area contributed by atoms with Gasteiger partial charge >= 0.3 is 0 Å². The summed E-state index contributed by atoms with van der Waals surface area (Å²) in [7, 11) is 0. The van der Waals surface area contributed by atoms with Crippen LogP contribution in [0.15, 0.2) is 48.8 Å². The number of carbonyl (C=O) groups is 1. The summed E-state index contributed by atoms with van der Waals surface area (Å²) in [6, 6.07) is 11.3. The third-order valence-corrected chi connectivity index (χ3v) is 3.63. The minimum Gasteiger partial charge on any atom is -0.320 e. The number of pyridine rings is 1. The van der Waals surface area contributed by atoms with Crippen molar-refractivity contribution in [2.45, 2.75) is 13.8 Å². The number of hydrogen-bond acceptors (Lipinski definition) is 3. The number of aromatic nitrogens is 3. The van der Waals surface area contributed by atoms with E-state index in [1.807, 2.05) is 44.2 Å². The highest BCUT2D eigenvalue weighted by molar-refractivity contribution is 6.03. The van der Waals surface area contributed by atoms with Crippen molar-refractivity contribution in [3.05, 3.63) is 65.6 Å². The summed E-state index contributed by atoms with van der Waals surface area (Å²) in [5.74, 6) is -0.212. The highest BCUT2D eigenvalue weighted by atomic mass is 16.1. The van der Waals surface area contributed by atoms with Gasteiger partial charge < -0.3 is 5.32 Å². The summed E-state index contributed by atoms with van der Waals surface area (Å²) >= 11 is 0. The number of hydrogen-bond donors (Lipinski definition) is 2. The lowest BCUT2D eigenvalue weighted by molar-refractivity contribution is 0.102. The van der Waals surface area contributed by atoms with E-state index in [2.05, 4.69) is 20.5 Å². The van der Waals surface area contributed by atoms with Gasteiger partial charge in [0, 0.05) is 23.6 Å². The van der Waals surface area contributed by atoms with Crippen LogP contribution >= 0.6 is 0 Å². The zero-order valence-electron chi connectivity index (χ0n) is 12.4. The molecule has 5 heteroatoms. The third kappa shape index (κ3) is 2.74. The maximum absolute atomic E-state index is 12.3. The molecule has 110 valence electrons. The van der Waals surface area contributed by atoms with Gasteiger partial charge in [-0.05, 0) is 49.2 Å². The predicted molar refractivity (Wildman–Crippen MR) is 85.7 cm³/mol. The van der Waals surface area contributed by atoms with Crippen LogP contribution < -0.4 is 5.32 Å². The summed E-state index contributed by atoms with van der Waals surface area (Å²) in [6.45, 7) is 4.00. The molecule has 0 aliphatic carbocycles. The van der Waals surface area contributed by atoms with Crippen LogP contribution in [0.5, 0.6) is 0 Å². The van der Waals surface area contributed by atoms with Crippen LogP contribution in [0, 0.1) is 13.8 Å². The van der Waals surface area contributed by atoms with E-state index in [1.165, 1.54) is 0 Å². The maximum atomic E-state index is 12.3. The molecule has 0 aliphatic heterocycles. The zero-order valence-corrected chi connectivity index (χ0v) is 12.4. The van der Waals surface area contributed by atoms with E-state index in [0.717, 1.165) is 22.4 Å². The number of rotatable bonds is 3. The lowest BCUT2D eigenvalue weighted by Gasteiger charge is -2.09. The first kappa shape index (κ1) is 14.0. The Balaban J connectivity index is 1.82. The smallest absolute Gasteiger partial charge is 0.273 e. The minimum absolute atomic E-state index is 0.212. The molecule has 2 N–H and O–H groups in total. The van der Waals surface area contributed by atoms with E-state index in [-0.39, 0.29) is 5.91 Å². The van der Waals surface area contributed by atoms with Crippen LogP contribution in [0.1, 0.15) is 21.6 Å². The van der Waals surface area contributed by atoms with E-state index >= 15 is 0 Å². The van der Waals surface area contributed by atoms with Gasteiger partial charge in [-0.15, -0.1) is 0 Å². The third-order valence-electron chi connectivity index (χ3n) is 3.63. The van der Waals surface area contributed by atoms with Crippen molar-refractivity contribution in [2.24, 2.45) is 0 Å². The minimum atomic E-state index is -0.212. The molecule has 3 aromatic rings. The van der Waals surface area contributed by atoms with Crippen LogP contribution in [-0.2, 0) is 0 Å².